The smallest absolute Gasteiger partial charge is 0.340 e. The molecule has 1 aromatic carbocycles. The summed E-state index contributed by atoms with van der Waals surface area (Å²) in [5, 5.41) is 2.52. The number of halogens is 4. The van der Waals surface area contributed by atoms with Gasteiger partial charge < -0.3 is 5.32 Å². The first-order valence-electron chi connectivity index (χ1n) is 7.21. The Morgan fingerprint density at radius 3 is 2.48 bits per heavy atom. The second kappa shape index (κ2) is 7.49. The lowest BCUT2D eigenvalue weighted by Crippen LogP contribution is -2.16. The highest BCUT2D eigenvalue weighted by Crippen LogP contribution is 2.37. The number of nitrogens with one attached hydrogen (secondary N) is 2. The van der Waals surface area contributed by atoms with Gasteiger partial charge in [0.25, 0.3) is 0 Å². The van der Waals surface area contributed by atoms with E-state index in [1.54, 1.807) is 6.92 Å². The number of pyridine rings is 1. The Morgan fingerprint density at radius 1 is 1.20 bits per heavy atom. The Labute approximate surface area is 148 Å². The molecule has 0 unspecified atom stereocenters. The summed E-state index contributed by atoms with van der Waals surface area (Å²) >= 11 is 5.63. The molecule has 136 valence electrons. The molecule has 0 aliphatic rings. The van der Waals surface area contributed by atoms with Gasteiger partial charge in [-0.25, -0.2) is 13.4 Å². The van der Waals surface area contributed by atoms with Gasteiger partial charge >= 0.3 is 6.18 Å². The first-order valence-corrected chi connectivity index (χ1v) is 9.24. The normalized spacial score (nSPS) is 12.0. The Kier molecular flexibility index (Phi) is 5.79. The van der Waals surface area contributed by atoms with Gasteiger partial charge in [0.15, 0.2) is 0 Å². The fourth-order valence-electron chi connectivity index (χ4n) is 2.03. The van der Waals surface area contributed by atoms with Crippen LogP contribution in [0, 0.1) is 0 Å². The predicted molar refractivity (Wildman–Crippen MR) is 91.7 cm³/mol. The Balaban J connectivity index is 2.20. The lowest BCUT2D eigenvalue weighted by atomic mass is 10.1. The van der Waals surface area contributed by atoms with Crippen LogP contribution in [-0.2, 0) is 16.2 Å². The average molecular weight is 394 g/mol. The van der Waals surface area contributed by atoms with Crippen LogP contribution in [0.5, 0.6) is 0 Å². The SMILES string of the molecule is CCCS(=O)(=O)Nc1ccc(Nc2ccc(Cl)cc2C(F)(F)F)nc1. The molecule has 0 saturated carbocycles. The van der Waals surface area contributed by atoms with E-state index in [-0.39, 0.29) is 28.0 Å². The second-order valence-electron chi connectivity index (χ2n) is 5.17. The van der Waals surface area contributed by atoms with E-state index in [9.17, 15) is 21.6 Å². The minimum absolute atomic E-state index is 0.0350. The molecule has 1 aromatic heterocycles. The van der Waals surface area contributed by atoms with E-state index >= 15 is 0 Å². The van der Waals surface area contributed by atoms with Crippen molar-refractivity contribution in [3.8, 4) is 0 Å². The molecule has 0 aliphatic carbocycles. The van der Waals surface area contributed by atoms with Crippen molar-refractivity contribution in [2.75, 3.05) is 15.8 Å². The van der Waals surface area contributed by atoms with Crippen LogP contribution >= 0.6 is 11.6 Å². The van der Waals surface area contributed by atoms with E-state index in [1.165, 1.54) is 30.5 Å². The lowest BCUT2D eigenvalue weighted by Gasteiger charge is -2.15. The largest absolute Gasteiger partial charge is 0.418 e. The maximum atomic E-state index is 13.1. The minimum atomic E-state index is -4.58. The molecule has 0 bridgehead atoms. The molecule has 2 N–H and O–H groups in total. The van der Waals surface area contributed by atoms with Crippen LogP contribution in [0.4, 0.5) is 30.4 Å². The molecular weight excluding hydrogens is 379 g/mol. The summed E-state index contributed by atoms with van der Waals surface area (Å²) in [5.41, 5.74) is -0.899. The number of alkyl halides is 3. The molecular formula is C15H15ClF3N3O2S. The fourth-order valence-corrected chi connectivity index (χ4v) is 3.32. The van der Waals surface area contributed by atoms with Crippen LogP contribution in [0.15, 0.2) is 36.5 Å². The molecule has 0 radical (unpaired) electrons. The lowest BCUT2D eigenvalue weighted by molar-refractivity contribution is -0.136. The first-order chi connectivity index (χ1) is 11.6. The van der Waals surface area contributed by atoms with E-state index in [4.69, 9.17) is 11.6 Å². The van der Waals surface area contributed by atoms with E-state index < -0.39 is 21.8 Å². The topological polar surface area (TPSA) is 71.1 Å². The predicted octanol–water partition coefficient (Wildman–Crippen LogP) is 4.65. The second-order valence-corrected chi connectivity index (χ2v) is 7.44. The zero-order valence-electron chi connectivity index (χ0n) is 13.1. The number of hydrogen-bond acceptors (Lipinski definition) is 4. The summed E-state index contributed by atoms with van der Waals surface area (Å²) in [7, 11) is -3.46. The van der Waals surface area contributed by atoms with Crippen molar-refractivity contribution in [3.63, 3.8) is 0 Å². The highest BCUT2D eigenvalue weighted by atomic mass is 35.5. The van der Waals surface area contributed by atoms with Gasteiger partial charge in [-0.1, -0.05) is 18.5 Å². The van der Waals surface area contributed by atoms with Gasteiger partial charge in [0, 0.05) is 5.02 Å². The van der Waals surface area contributed by atoms with Crippen molar-refractivity contribution >= 4 is 38.8 Å². The summed E-state index contributed by atoms with van der Waals surface area (Å²) in [6.07, 6.45) is -2.90. The maximum Gasteiger partial charge on any atom is 0.418 e. The molecule has 0 atom stereocenters. The summed E-state index contributed by atoms with van der Waals surface area (Å²) in [6, 6.07) is 6.12. The highest BCUT2D eigenvalue weighted by molar-refractivity contribution is 7.92. The van der Waals surface area contributed by atoms with Crippen molar-refractivity contribution in [1.82, 2.24) is 4.98 Å². The molecule has 0 aliphatic heterocycles. The maximum absolute atomic E-state index is 13.1. The van der Waals surface area contributed by atoms with E-state index in [0.29, 0.717) is 6.42 Å². The molecule has 2 rings (SSSR count). The van der Waals surface area contributed by atoms with Crippen LogP contribution in [0.2, 0.25) is 5.02 Å². The number of sulfonamides is 1. The monoisotopic (exact) mass is 393 g/mol. The number of benzene rings is 1. The van der Waals surface area contributed by atoms with Crippen LogP contribution < -0.4 is 10.0 Å². The van der Waals surface area contributed by atoms with Gasteiger partial charge in [0.2, 0.25) is 10.0 Å². The van der Waals surface area contributed by atoms with Crippen molar-refractivity contribution in [2.45, 2.75) is 19.5 Å². The first kappa shape index (κ1) is 19.3. The molecule has 1 heterocycles. The number of nitrogens with zero attached hydrogens (tertiary/aromatic N) is 1. The number of anilines is 3. The van der Waals surface area contributed by atoms with Crippen LogP contribution in [0.25, 0.3) is 0 Å². The Hall–Kier alpha value is -2.00. The molecule has 0 amide bonds. The molecule has 2 aromatic rings. The van der Waals surface area contributed by atoms with E-state index in [2.05, 4.69) is 15.0 Å². The molecule has 5 nitrogen and oxygen atoms in total. The summed E-state index contributed by atoms with van der Waals surface area (Å²) in [5.74, 6) is 0.0958. The summed E-state index contributed by atoms with van der Waals surface area (Å²) in [6.45, 7) is 1.73. The summed E-state index contributed by atoms with van der Waals surface area (Å²) < 4.78 is 64.9. The molecule has 0 spiro atoms. The molecule has 0 fully saturated rings. The zero-order valence-corrected chi connectivity index (χ0v) is 14.6. The van der Waals surface area contributed by atoms with Crippen molar-refractivity contribution in [3.05, 3.63) is 47.1 Å². The minimum Gasteiger partial charge on any atom is -0.340 e. The molecule has 0 saturated heterocycles. The van der Waals surface area contributed by atoms with Gasteiger partial charge in [-0.05, 0) is 36.8 Å². The average Bonchev–Trinajstić information content (AvgIpc) is 2.49. The number of hydrogen-bond donors (Lipinski definition) is 2. The molecule has 10 heteroatoms. The Bertz CT molecular complexity index is 840. The van der Waals surface area contributed by atoms with Crippen molar-refractivity contribution < 1.29 is 21.6 Å². The number of aromatic nitrogens is 1. The van der Waals surface area contributed by atoms with Crippen LogP contribution in [0.1, 0.15) is 18.9 Å². The zero-order chi connectivity index (χ0) is 18.7. The highest BCUT2D eigenvalue weighted by Gasteiger charge is 2.33. The number of rotatable bonds is 6. The third-order valence-corrected chi connectivity index (χ3v) is 4.79. The Morgan fingerprint density at radius 2 is 1.92 bits per heavy atom. The van der Waals surface area contributed by atoms with Crippen LogP contribution in [-0.4, -0.2) is 19.2 Å². The van der Waals surface area contributed by atoms with Crippen molar-refractivity contribution in [1.29, 1.82) is 0 Å². The van der Waals surface area contributed by atoms with Crippen LogP contribution in [0.3, 0.4) is 0 Å². The quantitative estimate of drug-likeness (QED) is 0.749. The third kappa shape index (κ3) is 5.50. The third-order valence-electron chi connectivity index (χ3n) is 3.06. The van der Waals surface area contributed by atoms with Gasteiger partial charge in [0.05, 0.1) is 28.9 Å². The van der Waals surface area contributed by atoms with Gasteiger partial charge in [0.1, 0.15) is 5.82 Å². The van der Waals surface area contributed by atoms with Gasteiger partial charge in [-0.15, -0.1) is 0 Å². The van der Waals surface area contributed by atoms with Crippen molar-refractivity contribution in [2.24, 2.45) is 0 Å². The van der Waals surface area contributed by atoms with Gasteiger partial charge in [-0.3, -0.25) is 4.72 Å². The fraction of sp³-hybridized carbons (Fsp3) is 0.267. The van der Waals surface area contributed by atoms with E-state index in [0.717, 1.165) is 6.07 Å². The van der Waals surface area contributed by atoms with E-state index in [1.807, 2.05) is 0 Å². The summed E-state index contributed by atoms with van der Waals surface area (Å²) in [4.78, 5) is 3.93. The van der Waals surface area contributed by atoms with Gasteiger partial charge in [-0.2, -0.15) is 13.2 Å². The molecule has 25 heavy (non-hydrogen) atoms. The standard InChI is InChI=1S/C15H15ClF3N3O2S/c1-2-7-25(23,24)22-11-4-6-14(20-9-11)21-13-5-3-10(16)8-12(13)15(17,18)19/h3-6,8-9,22H,2,7H2,1H3,(H,20,21).